The van der Waals surface area contributed by atoms with Gasteiger partial charge in [0.1, 0.15) is 0 Å². The minimum Gasteiger partial charge on any atom is -0.375 e. The summed E-state index contributed by atoms with van der Waals surface area (Å²) in [7, 11) is 0. The van der Waals surface area contributed by atoms with E-state index in [1.165, 1.54) is 44.5 Å². The fourth-order valence-corrected chi connectivity index (χ4v) is 1.68. The Morgan fingerprint density at radius 1 is 1.20 bits per heavy atom. The molecule has 0 spiro atoms. The fraction of sp³-hybridized carbons (Fsp3) is 0.778. The van der Waals surface area contributed by atoms with Crippen LogP contribution in [0.3, 0.4) is 0 Å². The van der Waals surface area contributed by atoms with Crippen LogP contribution in [-0.2, 0) is 0 Å². The Labute approximate surface area is 62.7 Å². The summed E-state index contributed by atoms with van der Waals surface area (Å²) in [4.78, 5) is 2.47. The number of hydrogen-bond acceptors (Lipinski definition) is 1. The average Bonchev–Trinajstić information content (AvgIpc) is 2.65. The van der Waals surface area contributed by atoms with E-state index in [1.807, 2.05) is 0 Å². The number of likely N-dealkylation sites (tertiary alicyclic amines) is 1. The Morgan fingerprint density at radius 3 is 2.30 bits per heavy atom. The van der Waals surface area contributed by atoms with Gasteiger partial charge in [0.15, 0.2) is 0 Å². The van der Waals surface area contributed by atoms with E-state index in [9.17, 15) is 0 Å². The van der Waals surface area contributed by atoms with E-state index in [4.69, 9.17) is 0 Å². The van der Waals surface area contributed by atoms with Gasteiger partial charge in [-0.3, -0.25) is 0 Å². The first-order chi connectivity index (χ1) is 4.88. The van der Waals surface area contributed by atoms with Crippen LogP contribution in [0.4, 0.5) is 0 Å². The second kappa shape index (κ2) is 2.30. The van der Waals surface area contributed by atoms with Crippen LogP contribution in [0.2, 0.25) is 0 Å². The molecule has 0 aromatic rings. The third-order valence-electron chi connectivity index (χ3n) is 2.56. The van der Waals surface area contributed by atoms with E-state index in [0.29, 0.717) is 0 Å². The highest BCUT2D eigenvalue weighted by Crippen LogP contribution is 2.38. The van der Waals surface area contributed by atoms with Crippen molar-refractivity contribution >= 4 is 0 Å². The summed E-state index contributed by atoms with van der Waals surface area (Å²) in [6.07, 6.45) is 5.56. The first-order valence-electron chi connectivity index (χ1n) is 4.31. The van der Waals surface area contributed by atoms with Crippen LogP contribution >= 0.6 is 0 Å². The molecule has 1 saturated heterocycles. The highest BCUT2D eigenvalue weighted by atomic mass is 15.2. The molecule has 0 bridgehead atoms. The first-order valence-corrected chi connectivity index (χ1v) is 4.31. The minimum atomic E-state index is 0.873. The van der Waals surface area contributed by atoms with Gasteiger partial charge < -0.3 is 4.90 Å². The van der Waals surface area contributed by atoms with Crippen LogP contribution in [-0.4, -0.2) is 18.0 Å². The van der Waals surface area contributed by atoms with E-state index in [1.54, 1.807) is 0 Å². The SMILES string of the molecule is C=C(C1CC1)N1CCCC1. The second-order valence-corrected chi connectivity index (χ2v) is 3.46. The maximum atomic E-state index is 4.12. The normalized spacial score (nSPS) is 25.4. The molecule has 1 heteroatoms. The Morgan fingerprint density at radius 2 is 1.80 bits per heavy atom. The van der Waals surface area contributed by atoms with Gasteiger partial charge in [-0.25, -0.2) is 0 Å². The van der Waals surface area contributed by atoms with Crippen molar-refractivity contribution in [3.05, 3.63) is 12.3 Å². The van der Waals surface area contributed by atoms with E-state index in [-0.39, 0.29) is 0 Å². The molecule has 0 unspecified atom stereocenters. The second-order valence-electron chi connectivity index (χ2n) is 3.46. The Hall–Kier alpha value is -0.460. The molecule has 1 heterocycles. The van der Waals surface area contributed by atoms with Crippen molar-refractivity contribution in [1.29, 1.82) is 0 Å². The first kappa shape index (κ1) is 6.26. The maximum absolute atomic E-state index is 4.12. The molecule has 1 aliphatic heterocycles. The molecule has 56 valence electrons. The van der Waals surface area contributed by atoms with Crippen LogP contribution in [0.25, 0.3) is 0 Å². The molecule has 0 amide bonds. The van der Waals surface area contributed by atoms with Crippen molar-refractivity contribution in [2.45, 2.75) is 25.7 Å². The highest BCUT2D eigenvalue weighted by Gasteiger charge is 2.28. The van der Waals surface area contributed by atoms with E-state index < -0.39 is 0 Å². The summed E-state index contributed by atoms with van der Waals surface area (Å²) in [6, 6.07) is 0. The number of nitrogens with zero attached hydrogens (tertiary/aromatic N) is 1. The minimum absolute atomic E-state index is 0.873. The third-order valence-corrected chi connectivity index (χ3v) is 2.56. The van der Waals surface area contributed by atoms with Gasteiger partial charge in [0.2, 0.25) is 0 Å². The maximum Gasteiger partial charge on any atom is 0.0175 e. The highest BCUT2D eigenvalue weighted by molar-refractivity contribution is 5.07. The van der Waals surface area contributed by atoms with Gasteiger partial charge in [0.25, 0.3) is 0 Å². The van der Waals surface area contributed by atoms with Crippen LogP contribution in [0.15, 0.2) is 12.3 Å². The molecular formula is C9H15N. The molecule has 10 heavy (non-hydrogen) atoms. The van der Waals surface area contributed by atoms with Gasteiger partial charge in [0.05, 0.1) is 0 Å². The van der Waals surface area contributed by atoms with Gasteiger partial charge in [-0.2, -0.15) is 0 Å². The largest absolute Gasteiger partial charge is 0.375 e. The van der Waals surface area contributed by atoms with Crippen LogP contribution in [0, 0.1) is 5.92 Å². The van der Waals surface area contributed by atoms with E-state index in [0.717, 1.165) is 5.92 Å². The molecule has 0 atom stereocenters. The molecule has 1 nitrogen and oxygen atoms in total. The molecule has 2 fully saturated rings. The van der Waals surface area contributed by atoms with Crippen molar-refractivity contribution in [2.75, 3.05) is 13.1 Å². The standard InChI is InChI=1S/C9H15N/c1-8(9-4-5-9)10-6-2-3-7-10/h9H,1-7H2. The zero-order valence-corrected chi connectivity index (χ0v) is 6.47. The fourth-order valence-electron chi connectivity index (χ4n) is 1.68. The van der Waals surface area contributed by atoms with Crippen LogP contribution in [0.5, 0.6) is 0 Å². The lowest BCUT2D eigenvalue weighted by atomic mass is 10.3. The van der Waals surface area contributed by atoms with Gasteiger partial charge in [-0.05, 0) is 31.6 Å². The monoisotopic (exact) mass is 137 g/mol. The summed E-state index contributed by atoms with van der Waals surface area (Å²) < 4.78 is 0. The van der Waals surface area contributed by atoms with Crippen molar-refractivity contribution in [3.63, 3.8) is 0 Å². The predicted octanol–water partition coefficient (Wildman–Crippen LogP) is 2.01. The lowest BCUT2D eigenvalue weighted by Gasteiger charge is -2.19. The summed E-state index contributed by atoms with van der Waals surface area (Å²) >= 11 is 0. The zero-order valence-electron chi connectivity index (χ0n) is 6.47. The van der Waals surface area contributed by atoms with Gasteiger partial charge in [-0.15, -0.1) is 0 Å². The summed E-state index contributed by atoms with van der Waals surface area (Å²) in [5.41, 5.74) is 1.43. The molecule has 0 aromatic heterocycles. The van der Waals surface area contributed by atoms with Crippen LogP contribution in [0.1, 0.15) is 25.7 Å². The zero-order chi connectivity index (χ0) is 6.97. The predicted molar refractivity (Wildman–Crippen MR) is 42.7 cm³/mol. The quantitative estimate of drug-likeness (QED) is 0.562. The molecule has 2 rings (SSSR count). The molecule has 0 N–H and O–H groups in total. The lowest BCUT2D eigenvalue weighted by molar-refractivity contribution is 0.404. The van der Waals surface area contributed by atoms with Crippen molar-refractivity contribution in [1.82, 2.24) is 4.90 Å². The van der Waals surface area contributed by atoms with Crippen molar-refractivity contribution in [3.8, 4) is 0 Å². The summed E-state index contributed by atoms with van der Waals surface area (Å²) in [6.45, 7) is 6.67. The molecule has 1 aliphatic carbocycles. The molecule has 0 radical (unpaired) electrons. The molecular weight excluding hydrogens is 122 g/mol. The van der Waals surface area contributed by atoms with Crippen LogP contribution < -0.4 is 0 Å². The molecule has 1 saturated carbocycles. The topological polar surface area (TPSA) is 3.24 Å². The smallest absolute Gasteiger partial charge is 0.0175 e. The average molecular weight is 137 g/mol. The molecule has 2 aliphatic rings. The molecule has 0 aromatic carbocycles. The van der Waals surface area contributed by atoms with Gasteiger partial charge in [0, 0.05) is 18.8 Å². The third kappa shape index (κ3) is 1.05. The lowest BCUT2D eigenvalue weighted by Crippen LogP contribution is -2.18. The summed E-state index contributed by atoms with van der Waals surface area (Å²) in [5, 5.41) is 0. The Bertz CT molecular complexity index is 141. The van der Waals surface area contributed by atoms with Crippen molar-refractivity contribution < 1.29 is 0 Å². The number of hydrogen-bond donors (Lipinski definition) is 0. The Balaban J connectivity index is 1.90. The Kier molecular flexibility index (Phi) is 1.44. The van der Waals surface area contributed by atoms with E-state index >= 15 is 0 Å². The summed E-state index contributed by atoms with van der Waals surface area (Å²) in [5.74, 6) is 0.873. The number of allylic oxidation sites excluding steroid dienone is 1. The van der Waals surface area contributed by atoms with Gasteiger partial charge >= 0.3 is 0 Å². The van der Waals surface area contributed by atoms with E-state index in [2.05, 4.69) is 11.5 Å². The number of rotatable bonds is 2. The van der Waals surface area contributed by atoms with Crippen molar-refractivity contribution in [2.24, 2.45) is 5.92 Å². The van der Waals surface area contributed by atoms with Gasteiger partial charge in [-0.1, -0.05) is 6.58 Å².